The van der Waals surface area contributed by atoms with E-state index in [-0.39, 0.29) is 0 Å². The van der Waals surface area contributed by atoms with Gasteiger partial charge < -0.3 is 14.8 Å². The van der Waals surface area contributed by atoms with E-state index in [1.807, 2.05) is 42.5 Å². The molecule has 1 N–H and O–H groups in total. The average Bonchev–Trinajstić information content (AvgIpc) is 2.91. The third kappa shape index (κ3) is 5.21. The molecular formula is C29H27N3O4. The largest absolute Gasteiger partial charge is 0.497 e. The molecule has 1 aromatic heterocycles. The number of methoxy groups -OCH3 is 1. The molecule has 0 saturated carbocycles. The molecule has 36 heavy (non-hydrogen) atoms. The number of esters is 1. The summed E-state index contributed by atoms with van der Waals surface area (Å²) in [5.41, 5.74) is 4.80. The molecule has 0 atom stereocenters. The molecule has 182 valence electrons. The number of hydrogen-bond acceptors (Lipinski definition) is 6. The second-order valence-corrected chi connectivity index (χ2v) is 8.73. The van der Waals surface area contributed by atoms with Crippen LogP contribution in [0.4, 0.5) is 5.69 Å². The van der Waals surface area contributed by atoms with E-state index in [2.05, 4.69) is 22.3 Å². The molecule has 0 saturated heterocycles. The Labute approximate surface area is 209 Å². The number of nitrogens with zero attached hydrogens (tertiary/aromatic N) is 2. The molecule has 5 rings (SSSR count). The lowest BCUT2D eigenvalue weighted by atomic mass is 9.95. The van der Waals surface area contributed by atoms with E-state index in [9.17, 15) is 9.59 Å². The lowest BCUT2D eigenvalue weighted by molar-refractivity contribution is -0.119. The van der Waals surface area contributed by atoms with Crippen molar-refractivity contribution in [3.05, 3.63) is 101 Å². The second-order valence-electron chi connectivity index (χ2n) is 8.73. The van der Waals surface area contributed by atoms with Gasteiger partial charge in [-0.2, -0.15) is 0 Å². The molecular weight excluding hydrogens is 454 g/mol. The van der Waals surface area contributed by atoms with Gasteiger partial charge in [-0.15, -0.1) is 0 Å². The van der Waals surface area contributed by atoms with Crippen molar-refractivity contribution in [3.8, 4) is 5.75 Å². The summed E-state index contributed by atoms with van der Waals surface area (Å²) >= 11 is 0. The summed E-state index contributed by atoms with van der Waals surface area (Å²) in [4.78, 5) is 33.0. The fourth-order valence-electron chi connectivity index (χ4n) is 4.56. The molecule has 3 aromatic carbocycles. The number of anilines is 1. The van der Waals surface area contributed by atoms with Crippen molar-refractivity contribution < 1.29 is 19.1 Å². The number of carbonyl (C=O) groups is 2. The molecule has 0 bridgehead atoms. The Kier molecular flexibility index (Phi) is 6.91. The molecule has 0 spiro atoms. The topological polar surface area (TPSA) is 80.8 Å². The second kappa shape index (κ2) is 10.6. The summed E-state index contributed by atoms with van der Waals surface area (Å²) in [7, 11) is 1.56. The Balaban J connectivity index is 1.36. The minimum Gasteiger partial charge on any atom is -0.497 e. The molecule has 4 aromatic rings. The highest BCUT2D eigenvalue weighted by Gasteiger charge is 2.27. The Bertz CT molecular complexity index is 1400. The van der Waals surface area contributed by atoms with Gasteiger partial charge in [-0.1, -0.05) is 54.6 Å². The zero-order valence-corrected chi connectivity index (χ0v) is 20.1. The van der Waals surface area contributed by atoms with Crippen molar-refractivity contribution in [1.29, 1.82) is 0 Å². The van der Waals surface area contributed by atoms with Crippen LogP contribution in [0.5, 0.6) is 5.75 Å². The Morgan fingerprint density at radius 3 is 2.64 bits per heavy atom. The maximum Gasteiger partial charge on any atom is 0.339 e. The first-order valence-corrected chi connectivity index (χ1v) is 11.9. The van der Waals surface area contributed by atoms with Crippen LogP contribution in [0.1, 0.15) is 27.2 Å². The van der Waals surface area contributed by atoms with Gasteiger partial charge in [0, 0.05) is 54.5 Å². The molecule has 1 aliphatic rings. The van der Waals surface area contributed by atoms with E-state index in [1.54, 1.807) is 31.4 Å². The molecule has 7 heteroatoms. The number of benzene rings is 3. The van der Waals surface area contributed by atoms with Gasteiger partial charge in [-0.3, -0.25) is 14.7 Å². The van der Waals surface area contributed by atoms with Crippen LogP contribution in [0.15, 0.2) is 78.9 Å². The third-order valence-electron chi connectivity index (χ3n) is 6.27. The Morgan fingerprint density at radius 2 is 1.81 bits per heavy atom. The van der Waals surface area contributed by atoms with Gasteiger partial charge in [-0.25, -0.2) is 4.79 Å². The fraction of sp³-hybridized carbons (Fsp3) is 0.207. The van der Waals surface area contributed by atoms with Gasteiger partial charge in [0.05, 0.1) is 18.2 Å². The first-order chi connectivity index (χ1) is 17.6. The maximum atomic E-state index is 13.4. The molecule has 0 aliphatic carbocycles. The van der Waals surface area contributed by atoms with Gasteiger partial charge in [0.15, 0.2) is 6.61 Å². The molecule has 1 aliphatic heterocycles. The van der Waals surface area contributed by atoms with Gasteiger partial charge in [-0.05, 0) is 23.8 Å². The highest BCUT2D eigenvalue weighted by atomic mass is 16.5. The smallest absolute Gasteiger partial charge is 0.339 e. The third-order valence-corrected chi connectivity index (χ3v) is 6.27. The number of pyridine rings is 1. The van der Waals surface area contributed by atoms with Crippen molar-refractivity contribution in [2.75, 3.05) is 25.6 Å². The molecule has 2 heterocycles. The van der Waals surface area contributed by atoms with Crippen LogP contribution in [-0.2, 0) is 29.0 Å². The lowest BCUT2D eigenvalue weighted by Crippen LogP contribution is -2.32. The van der Waals surface area contributed by atoms with Crippen molar-refractivity contribution in [1.82, 2.24) is 9.88 Å². The van der Waals surface area contributed by atoms with Crippen LogP contribution in [0.25, 0.3) is 10.9 Å². The Morgan fingerprint density at radius 1 is 1.00 bits per heavy atom. The summed E-state index contributed by atoms with van der Waals surface area (Å²) in [6.07, 6.45) is 0.740. The first kappa shape index (κ1) is 23.5. The van der Waals surface area contributed by atoms with Crippen molar-refractivity contribution in [3.63, 3.8) is 0 Å². The molecule has 0 radical (unpaired) electrons. The summed E-state index contributed by atoms with van der Waals surface area (Å²) in [6, 6.07) is 24.8. The van der Waals surface area contributed by atoms with Crippen LogP contribution in [0.3, 0.4) is 0 Å². The number of aromatic nitrogens is 1. The van der Waals surface area contributed by atoms with Gasteiger partial charge >= 0.3 is 5.97 Å². The van der Waals surface area contributed by atoms with Crippen LogP contribution in [0, 0.1) is 0 Å². The van der Waals surface area contributed by atoms with Crippen LogP contribution in [-0.4, -0.2) is 42.0 Å². The van der Waals surface area contributed by atoms with E-state index in [0.717, 1.165) is 41.7 Å². The monoisotopic (exact) mass is 481 g/mol. The Hall–Kier alpha value is -4.23. The average molecular weight is 482 g/mol. The van der Waals surface area contributed by atoms with Gasteiger partial charge in [0.2, 0.25) is 0 Å². The summed E-state index contributed by atoms with van der Waals surface area (Å²) < 4.78 is 10.7. The van der Waals surface area contributed by atoms with E-state index < -0.39 is 18.5 Å². The number of amides is 1. The fourth-order valence-corrected chi connectivity index (χ4v) is 4.56. The highest BCUT2D eigenvalue weighted by Crippen LogP contribution is 2.29. The quantitative estimate of drug-likeness (QED) is 0.389. The maximum absolute atomic E-state index is 13.4. The number of rotatable bonds is 7. The first-order valence-electron chi connectivity index (χ1n) is 11.9. The predicted octanol–water partition coefficient (Wildman–Crippen LogP) is 4.60. The standard InChI is InChI=1S/C29H27N3O4/c1-35-22-11-7-10-21(16-22)30-27(33)19-36-29(34)28-23-12-5-6-13-25(23)31-26-14-15-32(18-24(26)28)17-20-8-3-2-4-9-20/h2-13,16H,14-15,17-19H2,1H3,(H,30,33). The van der Waals surface area contributed by atoms with E-state index in [4.69, 9.17) is 14.5 Å². The van der Waals surface area contributed by atoms with Gasteiger partial charge in [0.25, 0.3) is 5.91 Å². The van der Waals surface area contributed by atoms with Crippen LogP contribution < -0.4 is 10.1 Å². The normalized spacial score (nSPS) is 13.1. The van der Waals surface area contributed by atoms with Crippen molar-refractivity contribution in [2.24, 2.45) is 0 Å². The summed E-state index contributed by atoms with van der Waals surface area (Å²) in [5, 5.41) is 3.47. The number of hydrogen-bond donors (Lipinski definition) is 1. The highest BCUT2D eigenvalue weighted by molar-refractivity contribution is 6.06. The minimum absolute atomic E-state index is 0.394. The molecule has 0 unspecified atom stereocenters. The number of para-hydroxylation sites is 1. The van der Waals surface area contributed by atoms with Crippen LogP contribution >= 0.6 is 0 Å². The number of carbonyl (C=O) groups excluding carboxylic acids is 2. The van der Waals surface area contributed by atoms with E-state index >= 15 is 0 Å². The van der Waals surface area contributed by atoms with E-state index in [0.29, 0.717) is 23.5 Å². The number of nitrogens with one attached hydrogen (secondary N) is 1. The number of ether oxygens (including phenoxy) is 2. The summed E-state index contributed by atoms with van der Waals surface area (Å²) in [5.74, 6) is -0.318. The van der Waals surface area contributed by atoms with E-state index in [1.165, 1.54) is 5.56 Å². The SMILES string of the molecule is COc1cccc(NC(=O)COC(=O)c2c3c(nc4ccccc24)CCN(Cc2ccccc2)C3)c1. The molecule has 0 fully saturated rings. The van der Waals surface area contributed by atoms with Gasteiger partial charge in [0.1, 0.15) is 5.75 Å². The van der Waals surface area contributed by atoms with Crippen molar-refractivity contribution >= 4 is 28.5 Å². The zero-order valence-electron chi connectivity index (χ0n) is 20.1. The van der Waals surface area contributed by atoms with Crippen molar-refractivity contribution in [2.45, 2.75) is 19.5 Å². The number of fused-ring (bicyclic) bond motifs is 2. The molecule has 7 nitrogen and oxygen atoms in total. The predicted molar refractivity (Wildman–Crippen MR) is 138 cm³/mol. The van der Waals surface area contributed by atoms with Crippen LogP contribution in [0.2, 0.25) is 0 Å². The lowest BCUT2D eigenvalue weighted by Gasteiger charge is -2.30. The minimum atomic E-state index is -0.521. The summed E-state index contributed by atoms with van der Waals surface area (Å²) in [6.45, 7) is 1.83. The zero-order chi connectivity index (χ0) is 24.9. The molecule has 1 amide bonds.